The van der Waals surface area contributed by atoms with Crippen LogP contribution in [0.15, 0.2) is 6.07 Å². The van der Waals surface area contributed by atoms with Crippen LogP contribution in [0, 0.1) is 0 Å². The lowest BCUT2D eigenvalue weighted by Gasteiger charge is -2.18. The highest BCUT2D eigenvalue weighted by Crippen LogP contribution is 2.40. The molecule has 0 aliphatic heterocycles. The first-order valence-corrected chi connectivity index (χ1v) is 5.54. The predicted octanol–water partition coefficient (Wildman–Crippen LogP) is 2.84. The van der Waals surface area contributed by atoms with Crippen LogP contribution in [0.5, 0.6) is 17.2 Å². The summed E-state index contributed by atoms with van der Waals surface area (Å²) in [7, 11) is 5.00. The molecule has 0 aliphatic carbocycles. The van der Waals surface area contributed by atoms with E-state index in [0.29, 0.717) is 0 Å². The maximum Gasteiger partial charge on any atom is 0.167 e. The molecule has 0 radical (unpaired) electrons. The van der Waals surface area contributed by atoms with Crippen molar-refractivity contribution in [1.29, 1.82) is 0 Å². The minimum Gasteiger partial charge on any atom is -0.496 e. The average Bonchev–Trinajstić information content (AvgIpc) is 2.35. The molecule has 0 N–H and O–H groups in total. The Labute approximate surface area is 97.3 Å². The highest BCUT2D eigenvalue weighted by molar-refractivity contribution is 5.58. The van der Waals surface area contributed by atoms with E-state index in [9.17, 15) is 0 Å². The molecule has 1 aromatic rings. The molecule has 0 saturated heterocycles. The fraction of sp³-hybridized carbons (Fsp3) is 0.538. The van der Waals surface area contributed by atoms with Crippen LogP contribution in [0.4, 0.5) is 0 Å². The van der Waals surface area contributed by atoms with E-state index < -0.39 is 0 Å². The molecule has 0 atom stereocenters. The van der Waals surface area contributed by atoms with Gasteiger partial charge in [0.2, 0.25) is 0 Å². The van der Waals surface area contributed by atoms with Gasteiger partial charge in [0, 0.05) is 5.56 Å². The summed E-state index contributed by atoms with van der Waals surface area (Å²) in [6, 6.07) is 1.98. The second-order valence-electron chi connectivity index (χ2n) is 3.49. The maximum absolute atomic E-state index is 5.46. The predicted molar refractivity (Wildman–Crippen MR) is 64.9 cm³/mol. The van der Waals surface area contributed by atoms with E-state index in [0.717, 1.165) is 41.2 Å². The molecule has 90 valence electrons. The van der Waals surface area contributed by atoms with E-state index in [2.05, 4.69) is 13.8 Å². The minimum atomic E-state index is 0.775. The van der Waals surface area contributed by atoms with Crippen LogP contribution in [0.25, 0.3) is 0 Å². The Balaban J connectivity index is 3.47. The van der Waals surface area contributed by atoms with Crippen LogP contribution >= 0.6 is 0 Å². The van der Waals surface area contributed by atoms with E-state index in [-0.39, 0.29) is 0 Å². The third kappa shape index (κ3) is 2.08. The van der Waals surface area contributed by atoms with Crippen molar-refractivity contribution in [3.05, 3.63) is 17.2 Å². The average molecular weight is 224 g/mol. The third-order valence-electron chi connectivity index (χ3n) is 2.73. The molecule has 3 heteroatoms. The Bertz CT molecular complexity index is 328. The fourth-order valence-corrected chi connectivity index (χ4v) is 1.95. The normalized spacial score (nSPS) is 10.1. The van der Waals surface area contributed by atoms with Crippen LogP contribution < -0.4 is 14.2 Å². The number of aryl methyl sites for hydroxylation is 1. The van der Waals surface area contributed by atoms with Gasteiger partial charge in [-0.25, -0.2) is 0 Å². The zero-order valence-corrected chi connectivity index (χ0v) is 10.7. The van der Waals surface area contributed by atoms with E-state index in [1.54, 1.807) is 21.3 Å². The Hall–Kier alpha value is -1.38. The second kappa shape index (κ2) is 5.64. The van der Waals surface area contributed by atoms with Crippen LogP contribution in [0.1, 0.15) is 25.0 Å². The van der Waals surface area contributed by atoms with Crippen LogP contribution in [0.3, 0.4) is 0 Å². The molecule has 1 aromatic carbocycles. The van der Waals surface area contributed by atoms with Gasteiger partial charge in [0.1, 0.15) is 5.75 Å². The summed E-state index contributed by atoms with van der Waals surface area (Å²) in [6.07, 6.45) is 1.77. The van der Waals surface area contributed by atoms with Crippen molar-refractivity contribution in [3.8, 4) is 17.2 Å². The Morgan fingerprint density at radius 3 is 1.88 bits per heavy atom. The van der Waals surface area contributed by atoms with Gasteiger partial charge < -0.3 is 14.2 Å². The first-order chi connectivity index (χ1) is 7.73. The van der Waals surface area contributed by atoms with Gasteiger partial charge in [-0.3, -0.25) is 0 Å². The zero-order chi connectivity index (χ0) is 12.1. The third-order valence-corrected chi connectivity index (χ3v) is 2.73. The summed E-state index contributed by atoms with van der Waals surface area (Å²) in [6.45, 7) is 4.18. The topological polar surface area (TPSA) is 27.7 Å². The van der Waals surface area contributed by atoms with Gasteiger partial charge >= 0.3 is 0 Å². The molecule has 0 heterocycles. The standard InChI is InChI=1S/C13H20O3/c1-6-9-8-11(14-3)13(16-5)10(7-2)12(9)15-4/h8H,6-7H2,1-5H3. The molecule has 3 nitrogen and oxygen atoms in total. The summed E-state index contributed by atoms with van der Waals surface area (Å²) in [5, 5.41) is 0. The summed E-state index contributed by atoms with van der Waals surface area (Å²) in [5.41, 5.74) is 2.22. The lowest BCUT2D eigenvalue weighted by Crippen LogP contribution is -2.02. The van der Waals surface area contributed by atoms with Crippen molar-refractivity contribution in [1.82, 2.24) is 0 Å². The molecule has 0 aromatic heterocycles. The van der Waals surface area contributed by atoms with Crippen molar-refractivity contribution < 1.29 is 14.2 Å². The molecule has 0 aliphatic rings. The van der Waals surface area contributed by atoms with Gasteiger partial charge in [-0.2, -0.15) is 0 Å². The van der Waals surface area contributed by atoms with Gasteiger partial charge in [-0.15, -0.1) is 0 Å². The van der Waals surface area contributed by atoms with Gasteiger partial charge in [0.25, 0.3) is 0 Å². The van der Waals surface area contributed by atoms with Crippen LogP contribution in [-0.4, -0.2) is 21.3 Å². The lowest BCUT2D eigenvalue weighted by molar-refractivity contribution is 0.342. The first-order valence-electron chi connectivity index (χ1n) is 5.54. The highest BCUT2D eigenvalue weighted by atomic mass is 16.5. The molecule has 0 bridgehead atoms. The van der Waals surface area contributed by atoms with E-state index in [1.165, 1.54) is 0 Å². The molecule has 0 spiro atoms. The highest BCUT2D eigenvalue weighted by Gasteiger charge is 2.17. The molecule has 0 unspecified atom stereocenters. The Kier molecular flexibility index (Phi) is 4.47. The van der Waals surface area contributed by atoms with Crippen molar-refractivity contribution in [2.45, 2.75) is 26.7 Å². The SMILES string of the molecule is CCc1cc(OC)c(OC)c(CC)c1OC. The first kappa shape index (κ1) is 12.7. The van der Waals surface area contributed by atoms with Gasteiger partial charge in [-0.05, 0) is 24.5 Å². The summed E-state index contributed by atoms with van der Waals surface area (Å²) in [4.78, 5) is 0. The van der Waals surface area contributed by atoms with Crippen molar-refractivity contribution in [2.75, 3.05) is 21.3 Å². The summed E-state index contributed by atoms with van der Waals surface area (Å²) >= 11 is 0. The fourth-order valence-electron chi connectivity index (χ4n) is 1.95. The van der Waals surface area contributed by atoms with E-state index in [4.69, 9.17) is 14.2 Å². The molecular weight excluding hydrogens is 204 g/mol. The Morgan fingerprint density at radius 1 is 0.875 bits per heavy atom. The number of methoxy groups -OCH3 is 3. The second-order valence-corrected chi connectivity index (χ2v) is 3.49. The minimum absolute atomic E-state index is 0.775. The van der Waals surface area contributed by atoms with Crippen LogP contribution in [0.2, 0.25) is 0 Å². The smallest absolute Gasteiger partial charge is 0.167 e. The lowest BCUT2D eigenvalue weighted by atomic mass is 10.0. The Morgan fingerprint density at radius 2 is 1.50 bits per heavy atom. The van der Waals surface area contributed by atoms with Crippen molar-refractivity contribution in [2.24, 2.45) is 0 Å². The zero-order valence-electron chi connectivity index (χ0n) is 10.7. The largest absolute Gasteiger partial charge is 0.496 e. The van der Waals surface area contributed by atoms with Gasteiger partial charge in [0.15, 0.2) is 11.5 Å². The molecular formula is C13H20O3. The van der Waals surface area contributed by atoms with E-state index in [1.807, 2.05) is 6.07 Å². The maximum atomic E-state index is 5.46. The quantitative estimate of drug-likeness (QED) is 0.769. The van der Waals surface area contributed by atoms with Gasteiger partial charge in [-0.1, -0.05) is 13.8 Å². The molecule has 0 amide bonds. The van der Waals surface area contributed by atoms with Crippen molar-refractivity contribution >= 4 is 0 Å². The number of hydrogen-bond acceptors (Lipinski definition) is 3. The number of hydrogen-bond donors (Lipinski definition) is 0. The van der Waals surface area contributed by atoms with E-state index >= 15 is 0 Å². The summed E-state index contributed by atoms with van der Waals surface area (Å²) in [5.74, 6) is 2.47. The molecule has 0 fully saturated rings. The van der Waals surface area contributed by atoms with Crippen molar-refractivity contribution in [3.63, 3.8) is 0 Å². The summed E-state index contributed by atoms with van der Waals surface area (Å²) < 4.78 is 16.2. The molecule has 16 heavy (non-hydrogen) atoms. The number of rotatable bonds is 5. The molecule has 1 rings (SSSR count). The monoisotopic (exact) mass is 224 g/mol. The van der Waals surface area contributed by atoms with Crippen LogP contribution in [-0.2, 0) is 12.8 Å². The molecule has 0 saturated carbocycles. The number of benzene rings is 1. The van der Waals surface area contributed by atoms with Gasteiger partial charge in [0.05, 0.1) is 21.3 Å². The number of ether oxygens (including phenoxy) is 3.